The lowest BCUT2D eigenvalue weighted by molar-refractivity contribution is -0.380. The van der Waals surface area contributed by atoms with Gasteiger partial charge in [0.25, 0.3) is 0 Å². The van der Waals surface area contributed by atoms with Crippen molar-refractivity contribution < 1.29 is 10.0 Å². The van der Waals surface area contributed by atoms with Crippen LogP contribution < -0.4 is 5.32 Å². The third-order valence-corrected chi connectivity index (χ3v) is 3.65. The Balaban J connectivity index is 2.50. The number of aliphatic hydroxyl groups excluding tert-OH is 1. The van der Waals surface area contributed by atoms with E-state index >= 15 is 0 Å². The van der Waals surface area contributed by atoms with E-state index < -0.39 is 0 Å². The normalized spacial score (nSPS) is 12.9. The fourth-order valence-electron chi connectivity index (χ4n) is 1.60. The molecule has 6 heteroatoms. The highest BCUT2D eigenvalue weighted by Gasteiger charge is 2.14. The van der Waals surface area contributed by atoms with Crippen molar-refractivity contribution in [2.24, 2.45) is 5.92 Å². The molecule has 0 bridgehead atoms. The van der Waals surface area contributed by atoms with E-state index in [1.807, 2.05) is 0 Å². The lowest BCUT2D eigenvalue weighted by Crippen LogP contribution is -2.33. The smallest absolute Gasteiger partial charge is 0.324 e. The SMILES string of the molecule is CC(C)C(CCO)NCc1ccc([N+](=O)[O-])s1. The van der Waals surface area contributed by atoms with Gasteiger partial charge < -0.3 is 10.4 Å². The van der Waals surface area contributed by atoms with Gasteiger partial charge in [-0.05, 0) is 18.4 Å². The van der Waals surface area contributed by atoms with E-state index in [9.17, 15) is 10.1 Å². The van der Waals surface area contributed by atoms with Crippen molar-refractivity contribution >= 4 is 16.3 Å². The molecular weight excluding hydrogens is 240 g/mol. The van der Waals surface area contributed by atoms with Crippen LogP contribution in [0.2, 0.25) is 0 Å². The summed E-state index contributed by atoms with van der Waals surface area (Å²) in [5.74, 6) is 0.428. The predicted molar refractivity (Wildman–Crippen MR) is 68.1 cm³/mol. The third kappa shape index (κ3) is 4.41. The molecule has 0 aliphatic rings. The summed E-state index contributed by atoms with van der Waals surface area (Å²) >= 11 is 1.19. The molecule has 0 saturated carbocycles. The van der Waals surface area contributed by atoms with E-state index in [1.54, 1.807) is 6.07 Å². The van der Waals surface area contributed by atoms with Crippen molar-refractivity contribution in [2.75, 3.05) is 6.61 Å². The average molecular weight is 258 g/mol. The van der Waals surface area contributed by atoms with E-state index in [4.69, 9.17) is 5.11 Å². The van der Waals surface area contributed by atoms with Gasteiger partial charge in [-0.15, -0.1) is 0 Å². The molecule has 0 saturated heterocycles. The standard InChI is InChI=1S/C11H18N2O3S/c1-8(2)10(5-6-14)12-7-9-3-4-11(17-9)13(15)16/h3-4,8,10,12,14H,5-7H2,1-2H3. The van der Waals surface area contributed by atoms with Gasteiger partial charge in [-0.25, -0.2) is 0 Å². The molecule has 0 amide bonds. The maximum atomic E-state index is 10.5. The van der Waals surface area contributed by atoms with Gasteiger partial charge in [0.15, 0.2) is 0 Å². The summed E-state index contributed by atoms with van der Waals surface area (Å²) in [5.41, 5.74) is 0. The number of nitrogens with zero attached hydrogens (tertiary/aromatic N) is 1. The lowest BCUT2D eigenvalue weighted by atomic mass is 10.0. The first-order valence-corrected chi connectivity index (χ1v) is 6.43. The van der Waals surface area contributed by atoms with Gasteiger partial charge in [0.1, 0.15) is 0 Å². The van der Waals surface area contributed by atoms with Crippen LogP contribution >= 0.6 is 11.3 Å². The quantitative estimate of drug-likeness (QED) is 0.580. The number of hydrogen-bond acceptors (Lipinski definition) is 5. The largest absolute Gasteiger partial charge is 0.396 e. The first kappa shape index (κ1) is 14.1. The Kier molecular flexibility index (Phi) is 5.54. The van der Waals surface area contributed by atoms with Crippen LogP contribution in [0, 0.1) is 16.0 Å². The van der Waals surface area contributed by atoms with Gasteiger partial charge >= 0.3 is 5.00 Å². The van der Waals surface area contributed by atoms with E-state index in [1.165, 1.54) is 17.4 Å². The second kappa shape index (κ2) is 6.68. The second-order valence-corrected chi connectivity index (χ2v) is 5.39. The van der Waals surface area contributed by atoms with Crippen molar-refractivity contribution in [1.29, 1.82) is 0 Å². The Morgan fingerprint density at radius 3 is 2.71 bits per heavy atom. The van der Waals surface area contributed by atoms with Gasteiger partial charge in [-0.3, -0.25) is 10.1 Å². The fourth-order valence-corrected chi connectivity index (χ4v) is 2.37. The van der Waals surface area contributed by atoms with Crippen LogP contribution in [0.3, 0.4) is 0 Å². The van der Waals surface area contributed by atoms with Crippen LogP contribution in [0.5, 0.6) is 0 Å². The maximum absolute atomic E-state index is 10.5. The highest BCUT2D eigenvalue weighted by Crippen LogP contribution is 2.24. The van der Waals surface area contributed by atoms with Gasteiger partial charge in [0.2, 0.25) is 0 Å². The van der Waals surface area contributed by atoms with E-state index in [0.717, 1.165) is 4.88 Å². The Labute approximate surface area is 105 Å². The zero-order valence-corrected chi connectivity index (χ0v) is 10.9. The topological polar surface area (TPSA) is 75.4 Å². The molecule has 0 spiro atoms. The summed E-state index contributed by atoms with van der Waals surface area (Å²) in [4.78, 5) is 11.1. The molecule has 0 aliphatic heterocycles. The first-order valence-electron chi connectivity index (χ1n) is 5.62. The number of aliphatic hydroxyl groups is 1. The Morgan fingerprint density at radius 2 is 2.24 bits per heavy atom. The predicted octanol–water partition coefficient (Wildman–Crippen LogP) is 2.15. The van der Waals surface area contributed by atoms with Crippen molar-refractivity contribution in [3.8, 4) is 0 Å². The Hall–Kier alpha value is -0.980. The van der Waals surface area contributed by atoms with Crippen LogP contribution in [0.15, 0.2) is 12.1 Å². The van der Waals surface area contributed by atoms with Crippen LogP contribution in [-0.4, -0.2) is 22.7 Å². The minimum atomic E-state index is -0.373. The molecule has 0 radical (unpaired) electrons. The highest BCUT2D eigenvalue weighted by atomic mass is 32.1. The van der Waals surface area contributed by atoms with Gasteiger partial charge in [-0.2, -0.15) is 0 Å². The summed E-state index contributed by atoms with van der Waals surface area (Å²) in [6, 6.07) is 3.53. The number of nitro groups is 1. The van der Waals surface area contributed by atoms with E-state index in [0.29, 0.717) is 18.9 Å². The van der Waals surface area contributed by atoms with Gasteiger partial charge in [-0.1, -0.05) is 25.2 Å². The summed E-state index contributed by atoms with van der Waals surface area (Å²) < 4.78 is 0. The Bertz CT molecular complexity index is 365. The van der Waals surface area contributed by atoms with E-state index in [2.05, 4.69) is 19.2 Å². The van der Waals surface area contributed by atoms with Gasteiger partial charge in [0, 0.05) is 30.1 Å². The zero-order chi connectivity index (χ0) is 12.8. The summed E-state index contributed by atoms with van der Waals surface area (Å²) in [5, 5.41) is 22.9. The molecule has 1 aromatic rings. The molecule has 0 fully saturated rings. The first-order chi connectivity index (χ1) is 8.04. The van der Waals surface area contributed by atoms with Crippen LogP contribution in [0.4, 0.5) is 5.00 Å². The molecule has 1 rings (SSSR count). The number of rotatable bonds is 7. The summed E-state index contributed by atoms with van der Waals surface area (Å²) in [6.07, 6.45) is 0.700. The minimum absolute atomic E-state index is 0.153. The van der Waals surface area contributed by atoms with Crippen molar-refractivity contribution in [1.82, 2.24) is 5.32 Å². The molecule has 17 heavy (non-hydrogen) atoms. The van der Waals surface area contributed by atoms with Gasteiger partial charge in [0.05, 0.1) is 4.92 Å². The van der Waals surface area contributed by atoms with Crippen LogP contribution in [0.1, 0.15) is 25.1 Å². The molecule has 0 aliphatic carbocycles. The zero-order valence-electron chi connectivity index (χ0n) is 10.0. The molecular formula is C11H18N2O3S. The molecule has 1 unspecified atom stereocenters. The van der Waals surface area contributed by atoms with Crippen LogP contribution in [-0.2, 0) is 6.54 Å². The molecule has 5 nitrogen and oxygen atoms in total. The van der Waals surface area contributed by atoms with Crippen molar-refractivity contribution in [2.45, 2.75) is 32.9 Å². The summed E-state index contributed by atoms with van der Waals surface area (Å²) in [6.45, 7) is 4.94. The molecule has 1 aromatic heterocycles. The molecule has 0 aromatic carbocycles. The lowest BCUT2D eigenvalue weighted by Gasteiger charge is -2.21. The Morgan fingerprint density at radius 1 is 1.53 bits per heavy atom. The molecule has 1 atom stereocenters. The van der Waals surface area contributed by atoms with Crippen molar-refractivity contribution in [3.05, 3.63) is 27.1 Å². The number of hydrogen-bond donors (Lipinski definition) is 2. The fraction of sp³-hybridized carbons (Fsp3) is 0.636. The van der Waals surface area contributed by atoms with Crippen LogP contribution in [0.25, 0.3) is 0 Å². The molecule has 2 N–H and O–H groups in total. The average Bonchev–Trinajstić information content (AvgIpc) is 2.72. The second-order valence-electron chi connectivity index (χ2n) is 4.24. The maximum Gasteiger partial charge on any atom is 0.324 e. The number of nitrogens with one attached hydrogen (secondary N) is 1. The molecule has 96 valence electrons. The highest BCUT2D eigenvalue weighted by molar-refractivity contribution is 7.15. The monoisotopic (exact) mass is 258 g/mol. The van der Waals surface area contributed by atoms with Crippen molar-refractivity contribution in [3.63, 3.8) is 0 Å². The van der Waals surface area contributed by atoms with E-state index in [-0.39, 0.29) is 22.6 Å². The summed E-state index contributed by atoms with van der Waals surface area (Å²) in [7, 11) is 0. The third-order valence-electron chi connectivity index (χ3n) is 2.61. The number of thiophene rings is 1. The minimum Gasteiger partial charge on any atom is -0.396 e. The molecule has 1 heterocycles.